The summed E-state index contributed by atoms with van der Waals surface area (Å²) >= 11 is 0. The minimum atomic E-state index is 0.314. The van der Waals surface area contributed by atoms with E-state index in [2.05, 4.69) is 25.8 Å². The first-order valence-corrected chi connectivity index (χ1v) is 6.76. The van der Waals surface area contributed by atoms with Crippen molar-refractivity contribution in [2.75, 3.05) is 26.7 Å². The Morgan fingerprint density at radius 1 is 1.18 bits per heavy atom. The zero-order valence-corrected chi connectivity index (χ0v) is 11.5. The Labute approximate surface area is 105 Å². The van der Waals surface area contributed by atoms with Gasteiger partial charge in [-0.25, -0.2) is 0 Å². The molecule has 1 saturated heterocycles. The number of carbonyl (C=O) groups is 1. The second-order valence-corrected chi connectivity index (χ2v) is 5.26. The predicted molar refractivity (Wildman–Crippen MR) is 70.8 cm³/mol. The minimum absolute atomic E-state index is 0.314. The van der Waals surface area contributed by atoms with E-state index in [1.54, 1.807) is 0 Å². The molecular weight excluding hydrogens is 214 g/mol. The largest absolute Gasteiger partial charge is 0.340 e. The summed E-state index contributed by atoms with van der Waals surface area (Å²) in [5.74, 6) is 0.314. The van der Waals surface area contributed by atoms with Crippen LogP contribution in [0.1, 0.15) is 39.5 Å². The predicted octanol–water partition coefficient (Wildman–Crippen LogP) is 1.06. The van der Waals surface area contributed by atoms with Crippen molar-refractivity contribution in [3.8, 4) is 0 Å². The molecule has 4 heteroatoms. The maximum Gasteiger partial charge on any atom is 0.222 e. The summed E-state index contributed by atoms with van der Waals surface area (Å²) in [6.07, 6.45) is 3.76. The second kappa shape index (κ2) is 6.97. The summed E-state index contributed by atoms with van der Waals surface area (Å²) in [6, 6.07) is 0.929. The molecule has 1 amide bonds. The summed E-state index contributed by atoms with van der Waals surface area (Å²) in [7, 11) is 2.14. The standard InChI is InChI=1S/C13H27N3O/c1-11-9-16(10-12(2)15(11)3)13(17)7-5-4-6-8-14/h11-12H,4-10,14H2,1-3H3. The van der Waals surface area contributed by atoms with Gasteiger partial charge >= 0.3 is 0 Å². The Hall–Kier alpha value is -0.610. The molecule has 1 aliphatic rings. The fraction of sp³-hybridized carbons (Fsp3) is 0.923. The smallest absolute Gasteiger partial charge is 0.222 e. The summed E-state index contributed by atoms with van der Waals surface area (Å²) < 4.78 is 0. The highest BCUT2D eigenvalue weighted by molar-refractivity contribution is 5.76. The van der Waals surface area contributed by atoms with Gasteiger partial charge in [-0.05, 0) is 40.3 Å². The molecule has 0 aromatic carbocycles. The maximum absolute atomic E-state index is 12.0. The second-order valence-electron chi connectivity index (χ2n) is 5.26. The zero-order chi connectivity index (χ0) is 12.8. The quantitative estimate of drug-likeness (QED) is 0.732. The van der Waals surface area contributed by atoms with Gasteiger partial charge in [0.05, 0.1) is 0 Å². The van der Waals surface area contributed by atoms with Crippen molar-refractivity contribution in [2.45, 2.75) is 51.6 Å². The van der Waals surface area contributed by atoms with Gasteiger partial charge in [-0.1, -0.05) is 6.42 Å². The Morgan fingerprint density at radius 3 is 2.29 bits per heavy atom. The number of rotatable bonds is 5. The highest BCUT2D eigenvalue weighted by Crippen LogP contribution is 2.15. The van der Waals surface area contributed by atoms with Gasteiger partial charge in [-0.15, -0.1) is 0 Å². The molecule has 0 spiro atoms. The molecule has 0 aliphatic carbocycles. The lowest BCUT2D eigenvalue weighted by atomic mass is 10.1. The Morgan fingerprint density at radius 2 is 1.76 bits per heavy atom. The first kappa shape index (κ1) is 14.5. The lowest BCUT2D eigenvalue weighted by molar-refractivity contribution is -0.135. The molecule has 0 saturated carbocycles. The Balaban J connectivity index is 2.32. The van der Waals surface area contributed by atoms with Crippen molar-refractivity contribution in [3.05, 3.63) is 0 Å². The van der Waals surface area contributed by atoms with Gasteiger partial charge in [0.25, 0.3) is 0 Å². The molecule has 2 atom stereocenters. The maximum atomic E-state index is 12.0. The molecule has 1 fully saturated rings. The van der Waals surface area contributed by atoms with E-state index in [1.165, 1.54) is 0 Å². The van der Waals surface area contributed by atoms with E-state index in [-0.39, 0.29) is 0 Å². The molecule has 0 bridgehead atoms. The molecule has 2 N–H and O–H groups in total. The zero-order valence-electron chi connectivity index (χ0n) is 11.5. The molecule has 1 heterocycles. The fourth-order valence-electron chi connectivity index (χ4n) is 2.36. The van der Waals surface area contributed by atoms with Gasteiger partial charge in [-0.2, -0.15) is 0 Å². The van der Waals surface area contributed by atoms with Crippen LogP contribution in [-0.2, 0) is 4.79 Å². The van der Waals surface area contributed by atoms with Gasteiger partial charge in [0.15, 0.2) is 0 Å². The van der Waals surface area contributed by atoms with Crippen LogP contribution in [0.2, 0.25) is 0 Å². The summed E-state index contributed by atoms with van der Waals surface area (Å²) in [6.45, 7) is 6.85. The van der Waals surface area contributed by atoms with Gasteiger partial charge in [0.2, 0.25) is 5.91 Å². The monoisotopic (exact) mass is 241 g/mol. The summed E-state index contributed by atoms with van der Waals surface area (Å²) in [4.78, 5) is 16.4. The van der Waals surface area contributed by atoms with Crippen molar-refractivity contribution in [1.29, 1.82) is 0 Å². The number of hydrogen-bond donors (Lipinski definition) is 1. The van der Waals surface area contributed by atoms with Gasteiger partial charge in [0, 0.05) is 31.6 Å². The number of likely N-dealkylation sites (N-methyl/N-ethyl adjacent to an activating group) is 1. The van der Waals surface area contributed by atoms with E-state index >= 15 is 0 Å². The molecule has 17 heavy (non-hydrogen) atoms. The molecule has 4 nitrogen and oxygen atoms in total. The van der Waals surface area contributed by atoms with E-state index < -0.39 is 0 Å². The third kappa shape index (κ3) is 4.28. The van der Waals surface area contributed by atoms with Crippen LogP contribution in [0.15, 0.2) is 0 Å². The Bertz CT molecular complexity index is 233. The highest BCUT2D eigenvalue weighted by Gasteiger charge is 2.28. The topological polar surface area (TPSA) is 49.6 Å². The van der Waals surface area contributed by atoms with Crippen molar-refractivity contribution in [3.63, 3.8) is 0 Å². The van der Waals surface area contributed by atoms with Gasteiger partial charge in [0.1, 0.15) is 0 Å². The lowest BCUT2D eigenvalue weighted by Gasteiger charge is -2.42. The average Bonchev–Trinajstić information content (AvgIpc) is 2.30. The molecule has 0 radical (unpaired) electrons. The number of hydrogen-bond acceptors (Lipinski definition) is 3. The number of piperazine rings is 1. The van der Waals surface area contributed by atoms with Crippen molar-refractivity contribution in [2.24, 2.45) is 5.73 Å². The van der Waals surface area contributed by atoms with Crippen LogP contribution in [-0.4, -0.2) is 54.5 Å². The normalized spacial score (nSPS) is 26.2. The van der Waals surface area contributed by atoms with Crippen LogP contribution in [0.4, 0.5) is 0 Å². The third-order valence-electron chi connectivity index (χ3n) is 3.81. The third-order valence-corrected chi connectivity index (χ3v) is 3.81. The molecule has 0 aromatic heterocycles. The molecule has 0 aromatic rings. The van der Waals surface area contributed by atoms with E-state index in [9.17, 15) is 4.79 Å². The summed E-state index contributed by atoms with van der Waals surface area (Å²) in [5.41, 5.74) is 5.44. The molecule has 2 unspecified atom stereocenters. The van der Waals surface area contributed by atoms with Crippen LogP contribution < -0.4 is 5.73 Å². The van der Waals surface area contributed by atoms with E-state index in [4.69, 9.17) is 5.73 Å². The number of carbonyl (C=O) groups excluding carboxylic acids is 1. The minimum Gasteiger partial charge on any atom is -0.340 e. The first-order chi connectivity index (χ1) is 8.06. The molecule has 1 aliphatic heterocycles. The molecular formula is C13H27N3O. The van der Waals surface area contributed by atoms with E-state index in [1.807, 2.05) is 4.90 Å². The van der Waals surface area contributed by atoms with E-state index in [0.29, 0.717) is 24.4 Å². The lowest BCUT2D eigenvalue weighted by Crippen LogP contribution is -2.56. The number of amides is 1. The number of nitrogens with two attached hydrogens (primary N) is 1. The Kier molecular flexibility index (Phi) is 5.92. The van der Waals surface area contributed by atoms with Crippen molar-refractivity contribution < 1.29 is 4.79 Å². The van der Waals surface area contributed by atoms with Crippen molar-refractivity contribution >= 4 is 5.91 Å². The summed E-state index contributed by atoms with van der Waals surface area (Å²) in [5, 5.41) is 0. The van der Waals surface area contributed by atoms with Crippen LogP contribution in [0, 0.1) is 0 Å². The van der Waals surface area contributed by atoms with Gasteiger partial charge < -0.3 is 10.6 Å². The number of nitrogens with zero attached hydrogens (tertiary/aromatic N) is 2. The number of unbranched alkanes of at least 4 members (excludes halogenated alkanes) is 2. The first-order valence-electron chi connectivity index (χ1n) is 6.76. The van der Waals surface area contributed by atoms with Crippen molar-refractivity contribution in [1.82, 2.24) is 9.80 Å². The SMILES string of the molecule is CC1CN(C(=O)CCCCCN)CC(C)N1C. The van der Waals surface area contributed by atoms with Crippen LogP contribution in [0.3, 0.4) is 0 Å². The average molecular weight is 241 g/mol. The molecule has 100 valence electrons. The van der Waals surface area contributed by atoms with Gasteiger partial charge in [-0.3, -0.25) is 9.69 Å². The van der Waals surface area contributed by atoms with Crippen LogP contribution >= 0.6 is 0 Å². The fourth-order valence-corrected chi connectivity index (χ4v) is 2.36. The van der Waals surface area contributed by atoms with E-state index in [0.717, 1.165) is 38.9 Å². The molecule has 1 rings (SSSR count). The van der Waals surface area contributed by atoms with Crippen LogP contribution in [0.25, 0.3) is 0 Å². The highest BCUT2D eigenvalue weighted by atomic mass is 16.2. The van der Waals surface area contributed by atoms with Crippen LogP contribution in [0.5, 0.6) is 0 Å².